The molecule has 0 aliphatic carbocycles. The third-order valence-electron chi connectivity index (χ3n) is 4.37. The van der Waals surface area contributed by atoms with Gasteiger partial charge in [-0.2, -0.15) is 0 Å². The van der Waals surface area contributed by atoms with Gasteiger partial charge >= 0.3 is 0 Å². The number of hydrogen-bond acceptors (Lipinski definition) is 3. The van der Waals surface area contributed by atoms with Gasteiger partial charge in [0.15, 0.2) is 17.5 Å². The van der Waals surface area contributed by atoms with E-state index in [1.807, 2.05) is 18.2 Å². The molecule has 2 aliphatic heterocycles. The first kappa shape index (κ1) is 15.0. The van der Waals surface area contributed by atoms with Crippen molar-refractivity contribution in [1.29, 1.82) is 0 Å². The molecule has 2 aliphatic rings. The molecular formula is C17H25N3O2. The molecule has 0 aromatic heterocycles. The van der Waals surface area contributed by atoms with E-state index >= 15 is 0 Å². The quantitative estimate of drug-likeness (QED) is 0.673. The van der Waals surface area contributed by atoms with Crippen LogP contribution in [0.5, 0.6) is 11.5 Å². The summed E-state index contributed by atoms with van der Waals surface area (Å²) in [7, 11) is 0. The van der Waals surface area contributed by atoms with E-state index in [1.165, 1.54) is 12.8 Å². The number of fused-ring (bicyclic) bond motifs is 1. The van der Waals surface area contributed by atoms with Crippen molar-refractivity contribution in [2.24, 2.45) is 16.6 Å². The first-order valence-electron chi connectivity index (χ1n) is 8.16. The molecule has 1 fully saturated rings. The fraction of sp³-hybridized carbons (Fsp3) is 0.588. The molecule has 1 saturated heterocycles. The molecular weight excluding hydrogens is 278 g/mol. The predicted molar refractivity (Wildman–Crippen MR) is 87.3 cm³/mol. The van der Waals surface area contributed by atoms with E-state index < -0.39 is 0 Å². The monoisotopic (exact) mass is 303 g/mol. The lowest BCUT2D eigenvalue weighted by atomic mass is 10.00. The molecule has 1 aromatic rings. The van der Waals surface area contributed by atoms with Gasteiger partial charge in [0.2, 0.25) is 0 Å². The van der Waals surface area contributed by atoms with Crippen LogP contribution in [0.1, 0.15) is 31.7 Å². The van der Waals surface area contributed by atoms with Gasteiger partial charge in [-0.25, -0.2) is 4.99 Å². The number of para-hydroxylation sites is 1. The van der Waals surface area contributed by atoms with Gasteiger partial charge in [0.05, 0.1) is 19.8 Å². The standard InChI is InChI=1S/C17H25N3O2/c1-13-6-8-20(9-7-13)17(18)19-12-14-4-2-5-15-16(14)22-11-3-10-21-15/h2,4-5,13H,3,6-12H2,1H3,(H2,18,19). The Morgan fingerprint density at radius 2 is 2.05 bits per heavy atom. The Morgan fingerprint density at radius 3 is 2.86 bits per heavy atom. The Kier molecular flexibility index (Phi) is 4.71. The topological polar surface area (TPSA) is 60.1 Å². The number of likely N-dealkylation sites (tertiary alicyclic amines) is 1. The van der Waals surface area contributed by atoms with Crippen molar-refractivity contribution in [3.05, 3.63) is 23.8 Å². The molecule has 0 unspecified atom stereocenters. The van der Waals surface area contributed by atoms with Crippen molar-refractivity contribution < 1.29 is 9.47 Å². The van der Waals surface area contributed by atoms with Gasteiger partial charge in [0.25, 0.3) is 0 Å². The molecule has 1 aromatic carbocycles. The van der Waals surface area contributed by atoms with Crippen LogP contribution in [0.4, 0.5) is 0 Å². The van der Waals surface area contributed by atoms with Gasteiger partial charge in [-0.15, -0.1) is 0 Å². The molecule has 2 N–H and O–H groups in total. The molecule has 120 valence electrons. The molecule has 5 heteroatoms. The zero-order valence-corrected chi connectivity index (χ0v) is 13.3. The van der Waals surface area contributed by atoms with Gasteiger partial charge < -0.3 is 20.1 Å². The highest BCUT2D eigenvalue weighted by Gasteiger charge is 2.18. The van der Waals surface area contributed by atoms with Crippen LogP contribution >= 0.6 is 0 Å². The van der Waals surface area contributed by atoms with E-state index in [4.69, 9.17) is 15.2 Å². The highest BCUT2D eigenvalue weighted by molar-refractivity contribution is 5.78. The number of hydrogen-bond donors (Lipinski definition) is 1. The maximum atomic E-state index is 6.15. The minimum atomic E-state index is 0.532. The minimum absolute atomic E-state index is 0.532. The van der Waals surface area contributed by atoms with Crippen molar-refractivity contribution in [2.45, 2.75) is 32.7 Å². The van der Waals surface area contributed by atoms with Crippen molar-refractivity contribution in [3.8, 4) is 11.5 Å². The van der Waals surface area contributed by atoms with Gasteiger partial charge in [0, 0.05) is 25.1 Å². The second-order valence-corrected chi connectivity index (χ2v) is 6.14. The number of guanidine groups is 1. The molecule has 5 nitrogen and oxygen atoms in total. The van der Waals surface area contributed by atoms with E-state index in [0.717, 1.165) is 42.5 Å². The highest BCUT2D eigenvalue weighted by Crippen LogP contribution is 2.33. The Balaban J connectivity index is 1.69. The van der Waals surface area contributed by atoms with E-state index in [-0.39, 0.29) is 0 Å². The van der Waals surface area contributed by atoms with Crippen molar-refractivity contribution in [3.63, 3.8) is 0 Å². The lowest BCUT2D eigenvalue weighted by Gasteiger charge is -2.31. The molecule has 0 spiro atoms. The third-order valence-corrected chi connectivity index (χ3v) is 4.37. The zero-order chi connectivity index (χ0) is 15.4. The third kappa shape index (κ3) is 3.46. The van der Waals surface area contributed by atoms with Crippen LogP contribution in [-0.2, 0) is 6.54 Å². The molecule has 0 atom stereocenters. The summed E-state index contributed by atoms with van der Waals surface area (Å²) in [6.45, 7) is 6.22. The van der Waals surface area contributed by atoms with Gasteiger partial charge in [-0.3, -0.25) is 0 Å². The minimum Gasteiger partial charge on any atom is -0.490 e. The van der Waals surface area contributed by atoms with E-state index in [1.54, 1.807) is 0 Å². The molecule has 22 heavy (non-hydrogen) atoms. The van der Waals surface area contributed by atoms with Crippen LogP contribution in [0.2, 0.25) is 0 Å². The van der Waals surface area contributed by atoms with Crippen molar-refractivity contribution >= 4 is 5.96 Å². The number of piperidine rings is 1. The van der Waals surface area contributed by atoms with Crippen LogP contribution in [0, 0.1) is 5.92 Å². The zero-order valence-electron chi connectivity index (χ0n) is 13.3. The summed E-state index contributed by atoms with van der Waals surface area (Å²) in [5.41, 5.74) is 7.19. The average Bonchev–Trinajstić information content (AvgIpc) is 2.79. The normalized spacial score (nSPS) is 19.9. The summed E-state index contributed by atoms with van der Waals surface area (Å²) in [6.07, 6.45) is 3.29. The Morgan fingerprint density at radius 1 is 1.27 bits per heavy atom. The van der Waals surface area contributed by atoms with E-state index in [0.29, 0.717) is 25.7 Å². The number of rotatable bonds is 2. The summed E-state index contributed by atoms with van der Waals surface area (Å²) >= 11 is 0. The maximum Gasteiger partial charge on any atom is 0.191 e. The number of ether oxygens (including phenoxy) is 2. The number of nitrogens with zero attached hydrogens (tertiary/aromatic N) is 2. The van der Waals surface area contributed by atoms with Crippen LogP contribution in [-0.4, -0.2) is 37.2 Å². The van der Waals surface area contributed by atoms with E-state index in [9.17, 15) is 0 Å². The molecule has 3 rings (SSSR count). The lowest BCUT2D eigenvalue weighted by molar-refractivity contribution is 0.277. The number of benzene rings is 1. The number of nitrogens with two attached hydrogens (primary N) is 1. The number of aliphatic imine (C=N–C) groups is 1. The van der Waals surface area contributed by atoms with Crippen LogP contribution < -0.4 is 15.2 Å². The fourth-order valence-corrected chi connectivity index (χ4v) is 2.88. The van der Waals surface area contributed by atoms with Crippen molar-refractivity contribution in [2.75, 3.05) is 26.3 Å². The smallest absolute Gasteiger partial charge is 0.191 e. The fourth-order valence-electron chi connectivity index (χ4n) is 2.88. The second-order valence-electron chi connectivity index (χ2n) is 6.14. The SMILES string of the molecule is CC1CCN(C(N)=NCc2cccc3c2OCCCO3)CC1. The molecule has 0 saturated carbocycles. The summed E-state index contributed by atoms with van der Waals surface area (Å²) in [6, 6.07) is 5.96. The summed E-state index contributed by atoms with van der Waals surface area (Å²) in [5, 5.41) is 0. The highest BCUT2D eigenvalue weighted by atomic mass is 16.5. The first-order valence-corrected chi connectivity index (χ1v) is 8.16. The largest absolute Gasteiger partial charge is 0.490 e. The summed E-state index contributed by atoms with van der Waals surface area (Å²) in [5.74, 6) is 3.07. The van der Waals surface area contributed by atoms with E-state index in [2.05, 4.69) is 16.8 Å². The maximum absolute atomic E-state index is 6.15. The van der Waals surface area contributed by atoms with Gasteiger partial charge in [-0.05, 0) is 24.8 Å². The van der Waals surface area contributed by atoms with Crippen LogP contribution in [0.3, 0.4) is 0 Å². The Hall–Kier alpha value is -1.91. The molecule has 0 bridgehead atoms. The average molecular weight is 303 g/mol. The summed E-state index contributed by atoms with van der Waals surface area (Å²) < 4.78 is 11.5. The molecule has 0 amide bonds. The second kappa shape index (κ2) is 6.90. The van der Waals surface area contributed by atoms with Crippen LogP contribution in [0.15, 0.2) is 23.2 Å². The Bertz CT molecular complexity index is 537. The summed E-state index contributed by atoms with van der Waals surface area (Å²) in [4.78, 5) is 6.75. The van der Waals surface area contributed by atoms with Crippen LogP contribution in [0.25, 0.3) is 0 Å². The lowest BCUT2D eigenvalue weighted by Crippen LogP contribution is -2.42. The molecule has 0 radical (unpaired) electrons. The van der Waals surface area contributed by atoms with Crippen molar-refractivity contribution in [1.82, 2.24) is 4.90 Å². The van der Waals surface area contributed by atoms with Gasteiger partial charge in [0.1, 0.15) is 0 Å². The first-order chi connectivity index (χ1) is 10.7. The van der Waals surface area contributed by atoms with Gasteiger partial charge in [-0.1, -0.05) is 19.1 Å². The predicted octanol–water partition coefficient (Wildman–Crippen LogP) is 2.39. The molecule has 2 heterocycles. The Labute approximate surface area is 132 Å².